The normalized spacial score (nSPS) is 11.6. The molecule has 0 radical (unpaired) electrons. The number of diazo groups is 1. The first kappa shape index (κ1) is 39.2. The van der Waals surface area contributed by atoms with Gasteiger partial charge in [0.25, 0.3) is 0 Å². The highest BCUT2D eigenvalue weighted by molar-refractivity contribution is 7.89. The standard InChI is InChI=1S/C29H43N3O13S/c1-37-7-8-38-9-10-39-11-12-40-13-14-41-15-16-42-17-18-43-19-20-44-21-22-45-28(33)23-31-46(35,36)27-4-2-3-25-24(27)5-6-26(32-30)29(25)34/h2-6,31H,7-23H2,1H3/p+1. The summed E-state index contributed by atoms with van der Waals surface area (Å²) in [5.41, 5.74) is -0.104. The number of rotatable bonds is 28. The number of carbonyl (C=O) groups is 1. The molecule has 258 valence electrons. The van der Waals surface area contributed by atoms with Crippen LogP contribution in [0.25, 0.3) is 15.7 Å². The topological polar surface area (TPSA) is 195 Å². The third-order valence-electron chi connectivity index (χ3n) is 5.93. The maximum atomic E-state index is 12.8. The van der Waals surface area contributed by atoms with Gasteiger partial charge in [-0.3, -0.25) is 4.79 Å². The van der Waals surface area contributed by atoms with Crippen molar-refractivity contribution in [2.45, 2.75) is 4.90 Å². The molecule has 46 heavy (non-hydrogen) atoms. The molecule has 0 aliphatic rings. The van der Waals surface area contributed by atoms with Gasteiger partial charge < -0.3 is 47.7 Å². The zero-order valence-corrected chi connectivity index (χ0v) is 26.9. The van der Waals surface area contributed by atoms with Crippen LogP contribution in [0, 0.1) is 5.39 Å². The Bertz CT molecular complexity index is 1290. The van der Waals surface area contributed by atoms with Gasteiger partial charge in [-0.2, -0.15) is 4.72 Å². The van der Waals surface area contributed by atoms with Crippen LogP contribution in [0.2, 0.25) is 0 Å². The van der Waals surface area contributed by atoms with Crippen LogP contribution in [0.5, 0.6) is 5.75 Å². The van der Waals surface area contributed by atoms with Gasteiger partial charge in [-0.1, -0.05) is 12.1 Å². The van der Waals surface area contributed by atoms with Crippen molar-refractivity contribution >= 4 is 32.5 Å². The smallest absolute Gasteiger partial charge is 0.426 e. The summed E-state index contributed by atoms with van der Waals surface area (Å²) in [5.74, 6) is -1.16. The van der Waals surface area contributed by atoms with E-state index in [4.69, 9.17) is 48.0 Å². The Balaban J connectivity index is 1.38. The van der Waals surface area contributed by atoms with Crippen LogP contribution in [0.1, 0.15) is 0 Å². The van der Waals surface area contributed by atoms with Crippen LogP contribution in [-0.2, 0) is 57.4 Å². The van der Waals surface area contributed by atoms with E-state index in [1.165, 1.54) is 30.3 Å². The van der Waals surface area contributed by atoms with Crippen LogP contribution < -0.4 is 4.72 Å². The average molecular weight is 675 g/mol. The van der Waals surface area contributed by atoms with Gasteiger partial charge in [0, 0.05) is 23.9 Å². The molecule has 0 unspecified atom stereocenters. The van der Waals surface area contributed by atoms with Crippen LogP contribution >= 0.6 is 0 Å². The molecule has 0 saturated heterocycles. The Labute approximate surface area is 268 Å². The molecule has 0 spiro atoms. The van der Waals surface area contributed by atoms with Gasteiger partial charge in [-0.05, 0) is 12.1 Å². The van der Waals surface area contributed by atoms with Gasteiger partial charge in [-0.25, -0.2) is 8.42 Å². The number of hydrogen-bond acceptors (Lipinski definition) is 14. The lowest BCUT2D eigenvalue weighted by Crippen LogP contribution is -2.31. The maximum Gasteiger partial charge on any atom is 0.426 e. The number of phenols is 1. The minimum Gasteiger partial charge on any atom is -0.501 e. The highest BCUT2D eigenvalue weighted by atomic mass is 32.2. The minimum absolute atomic E-state index is 0.0663. The Hall–Kier alpha value is -3.02. The van der Waals surface area contributed by atoms with Crippen molar-refractivity contribution in [3.8, 4) is 5.75 Å². The number of nitrogens with zero attached hydrogens (tertiary/aromatic N) is 2. The first-order valence-corrected chi connectivity index (χ1v) is 16.2. The number of esters is 1. The van der Waals surface area contributed by atoms with E-state index in [2.05, 4.69) is 9.70 Å². The first-order valence-electron chi connectivity index (χ1n) is 14.7. The van der Waals surface area contributed by atoms with E-state index in [9.17, 15) is 18.3 Å². The number of methoxy groups -OCH3 is 1. The SMILES string of the molecule is COCCOCCOCCOCCOCCOCCOCCOCCOC(=O)CNS(=O)(=O)c1cccc2c(O)c([N+]#N)ccc12. The molecule has 2 rings (SSSR count). The lowest BCUT2D eigenvalue weighted by atomic mass is 10.1. The average Bonchev–Trinajstić information content (AvgIpc) is 3.05. The van der Waals surface area contributed by atoms with Crippen LogP contribution in [0.3, 0.4) is 0 Å². The molecule has 16 nitrogen and oxygen atoms in total. The summed E-state index contributed by atoms with van der Waals surface area (Å²) in [5, 5.41) is 19.5. The van der Waals surface area contributed by atoms with Crippen LogP contribution in [0.15, 0.2) is 35.2 Å². The van der Waals surface area contributed by atoms with E-state index in [0.717, 1.165) is 0 Å². The summed E-state index contributed by atoms with van der Waals surface area (Å²) in [6, 6.07) is 6.88. The molecule has 0 aliphatic carbocycles. The molecule has 2 aromatic rings. The van der Waals surface area contributed by atoms with Crippen molar-refractivity contribution in [1.29, 1.82) is 5.39 Å². The fraction of sp³-hybridized carbons (Fsp3) is 0.621. The monoisotopic (exact) mass is 674 g/mol. The second-order valence-corrected chi connectivity index (χ2v) is 10.9. The van der Waals surface area contributed by atoms with Crippen molar-refractivity contribution in [3.05, 3.63) is 35.3 Å². The summed E-state index contributed by atoms with van der Waals surface area (Å²) < 4.78 is 75.2. The lowest BCUT2D eigenvalue weighted by Gasteiger charge is -2.10. The molecular formula is C29H44N3O13S+. The molecule has 0 aliphatic heterocycles. The van der Waals surface area contributed by atoms with Crippen molar-refractivity contribution < 1.29 is 61.0 Å². The fourth-order valence-corrected chi connectivity index (χ4v) is 4.87. The van der Waals surface area contributed by atoms with E-state index < -0.39 is 22.5 Å². The molecule has 0 heterocycles. The number of carbonyl (C=O) groups excluding carboxylic acids is 1. The minimum atomic E-state index is -4.12. The van der Waals surface area contributed by atoms with Gasteiger partial charge in [0.2, 0.25) is 21.2 Å². The largest absolute Gasteiger partial charge is 0.501 e. The quantitative estimate of drug-likeness (QED) is 0.0751. The van der Waals surface area contributed by atoms with Gasteiger partial charge in [0.05, 0.1) is 104 Å². The van der Waals surface area contributed by atoms with E-state index in [0.29, 0.717) is 85.9 Å². The molecule has 0 atom stereocenters. The number of fused-ring (bicyclic) bond motifs is 1. The zero-order valence-electron chi connectivity index (χ0n) is 26.1. The predicted octanol–water partition coefficient (Wildman–Crippen LogP) is 1.61. The first-order chi connectivity index (χ1) is 22.4. The summed E-state index contributed by atoms with van der Waals surface area (Å²) in [6.07, 6.45) is 0. The third-order valence-corrected chi connectivity index (χ3v) is 7.39. The molecule has 0 bridgehead atoms. The number of aromatic hydroxyl groups is 1. The van der Waals surface area contributed by atoms with Crippen molar-refractivity contribution in [1.82, 2.24) is 4.72 Å². The zero-order chi connectivity index (χ0) is 33.3. The number of phenolic OH excluding ortho intramolecular Hbond substituents is 1. The number of ether oxygens (including phenoxy) is 9. The van der Waals surface area contributed by atoms with Gasteiger partial charge in [0.1, 0.15) is 13.2 Å². The van der Waals surface area contributed by atoms with Gasteiger partial charge in [0.15, 0.2) is 4.98 Å². The fourth-order valence-electron chi connectivity index (χ4n) is 3.68. The van der Waals surface area contributed by atoms with E-state index in [-0.39, 0.29) is 46.9 Å². The summed E-state index contributed by atoms with van der Waals surface area (Å²) >= 11 is 0. The molecule has 17 heteroatoms. The molecule has 2 N–H and O–H groups in total. The van der Waals surface area contributed by atoms with E-state index in [1.54, 1.807) is 7.11 Å². The highest BCUT2D eigenvalue weighted by Crippen LogP contribution is 2.37. The Morgan fingerprint density at radius 3 is 1.61 bits per heavy atom. The molecule has 0 fully saturated rings. The second kappa shape index (κ2) is 24.2. The number of hydrogen-bond donors (Lipinski definition) is 2. The van der Waals surface area contributed by atoms with Crippen LogP contribution in [0.4, 0.5) is 5.69 Å². The van der Waals surface area contributed by atoms with Crippen molar-refractivity contribution in [2.24, 2.45) is 0 Å². The molecule has 0 saturated carbocycles. The summed E-state index contributed by atoms with van der Waals surface area (Å²) in [6.45, 7) is 5.79. The Morgan fingerprint density at radius 1 is 0.696 bits per heavy atom. The number of sulfonamides is 1. The molecular weight excluding hydrogens is 630 g/mol. The van der Waals surface area contributed by atoms with E-state index >= 15 is 0 Å². The number of benzene rings is 2. The maximum absolute atomic E-state index is 12.8. The van der Waals surface area contributed by atoms with Gasteiger partial charge >= 0.3 is 11.7 Å². The highest BCUT2D eigenvalue weighted by Gasteiger charge is 2.23. The van der Waals surface area contributed by atoms with Crippen molar-refractivity contribution in [2.75, 3.05) is 119 Å². The van der Waals surface area contributed by atoms with Crippen LogP contribution in [-0.4, -0.2) is 139 Å². The Kier molecular flexibility index (Phi) is 20.6. The summed E-state index contributed by atoms with van der Waals surface area (Å²) in [4.78, 5) is 14.8. The lowest BCUT2D eigenvalue weighted by molar-refractivity contribution is -0.143. The Morgan fingerprint density at radius 2 is 1.15 bits per heavy atom. The van der Waals surface area contributed by atoms with Crippen molar-refractivity contribution in [3.63, 3.8) is 0 Å². The van der Waals surface area contributed by atoms with Gasteiger partial charge in [-0.15, -0.1) is 0 Å². The predicted molar refractivity (Wildman–Crippen MR) is 164 cm³/mol. The molecule has 2 aromatic carbocycles. The molecule has 0 aromatic heterocycles. The third kappa shape index (κ3) is 16.0. The second-order valence-electron chi connectivity index (χ2n) is 9.21. The van der Waals surface area contributed by atoms with E-state index in [1.807, 2.05) is 0 Å². The summed E-state index contributed by atoms with van der Waals surface area (Å²) in [7, 11) is -2.49. The molecule has 0 amide bonds. The number of nitrogens with one attached hydrogen (secondary N) is 1.